The van der Waals surface area contributed by atoms with E-state index < -0.39 is 0 Å². The number of anilines is 1. The summed E-state index contributed by atoms with van der Waals surface area (Å²) in [5.74, 6) is 0.331. The topological polar surface area (TPSA) is 66.8 Å². The van der Waals surface area contributed by atoms with Gasteiger partial charge in [0.05, 0.1) is 11.9 Å². The van der Waals surface area contributed by atoms with E-state index in [2.05, 4.69) is 58.5 Å². The smallest absolute Gasteiger partial charge is 0.273 e. The fourth-order valence-electron chi connectivity index (χ4n) is 3.83. The monoisotopic (exact) mass is 378 g/mol. The number of pyridine rings is 1. The lowest BCUT2D eigenvalue weighted by molar-refractivity contribution is -0.110. The number of amides is 1. The number of nitrogens with one attached hydrogen (secondary N) is 1. The van der Waals surface area contributed by atoms with Gasteiger partial charge in [-0.3, -0.25) is 14.7 Å². The molecule has 0 saturated carbocycles. The van der Waals surface area contributed by atoms with Crippen molar-refractivity contribution in [2.45, 2.75) is 44.8 Å². The summed E-state index contributed by atoms with van der Waals surface area (Å²) in [7, 11) is 0. The van der Waals surface area contributed by atoms with Crippen LogP contribution in [0.25, 0.3) is 0 Å². The molecule has 2 aromatic rings. The van der Waals surface area contributed by atoms with Crippen LogP contribution < -0.4 is 5.32 Å². The van der Waals surface area contributed by atoms with Gasteiger partial charge in [0.15, 0.2) is 5.60 Å². The van der Waals surface area contributed by atoms with E-state index in [4.69, 9.17) is 4.84 Å². The van der Waals surface area contributed by atoms with Gasteiger partial charge in [0.1, 0.15) is 5.71 Å². The number of likely N-dealkylation sites (tertiary alicyclic amines) is 1. The number of carbonyl (C=O) groups is 1. The molecule has 1 aromatic carbocycles. The first-order chi connectivity index (χ1) is 13.5. The lowest BCUT2D eigenvalue weighted by Crippen LogP contribution is -2.35. The van der Waals surface area contributed by atoms with E-state index in [1.165, 1.54) is 11.1 Å². The van der Waals surface area contributed by atoms with Crippen LogP contribution in [0.2, 0.25) is 0 Å². The summed E-state index contributed by atoms with van der Waals surface area (Å²) in [6.45, 7) is 7.03. The number of aromatic nitrogens is 1. The largest absolute Gasteiger partial charge is 0.387 e. The maximum absolute atomic E-state index is 12.5. The van der Waals surface area contributed by atoms with Gasteiger partial charge in [-0.2, -0.15) is 0 Å². The van der Waals surface area contributed by atoms with Crippen molar-refractivity contribution in [1.82, 2.24) is 9.88 Å². The zero-order chi connectivity index (χ0) is 19.6. The van der Waals surface area contributed by atoms with E-state index in [-0.39, 0.29) is 11.5 Å². The summed E-state index contributed by atoms with van der Waals surface area (Å²) in [4.78, 5) is 24.6. The van der Waals surface area contributed by atoms with Crippen molar-refractivity contribution in [3.8, 4) is 0 Å². The molecule has 6 nitrogen and oxygen atoms in total. The van der Waals surface area contributed by atoms with Crippen LogP contribution in [0.4, 0.5) is 5.69 Å². The number of nitrogens with zero attached hydrogens (tertiary/aromatic N) is 3. The second-order valence-corrected chi connectivity index (χ2v) is 8.04. The molecule has 3 heterocycles. The van der Waals surface area contributed by atoms with Crippen LogP contribution in [0.1, 0.15) is 43.7 Å². The molecule has 6 heteroatoms. The van der Waals surface area contributed by atoms with Gasteiger partial charge in [0, 0.05) is 38.7 Å². The number of hydrogen-bond acceptors (Lipinski definition) is 5. The summed E-state index contributed by atoms with van der Waals surface area (Å²) in [5, 5.41) is 6.93. The number of carbonyl (C=O) groups excluding carboxylic acids is 1. The van der Waals surface area contributed by atoms with E-state index in [9.17, 15) is 4.79 Å². The Morgan fingerprint density at radius 1 is 1.29 bits per heavy atom. The first-order valence-electron chi connectivity index (χ1n) is 9.81. The van der Waals surface area contributed by atoms with Gasteiger partial charge in [-0.25, -0.2) is 0 Å². The summed E-state index contributed by atoms with van der Waals surface area (Å²) in [6.07, 6.45) is 4.71. The molecular formula is C22H26N4O2. The predicted molar refractivity (Wildman–Crippen MR) is 109 cm³/mol. The molecule has 28 heavy (non-hydrogen) atoms. The molecule has 1 saturated heterocycles. The van der Waals surface area contributed by atoms with E-state index in [1.807, 2.05) is 0 Å². The lowest BCUT2D eigenvalue weighted by Gasteiger charge is -2.22. The van der Waals surface area contributed by atoms with Crippen LogP contribution in [-0.2, 0) is 16.2 Å². The van der Waals surface area contributed by atoms with Crippen LogP contribution >= 0.6 is 0 Å². The van der Waals surface area contributed by atoms with Crippen LogP contribution in [-0.4, -0.2) is 40.2 Å². The Bertz CT molecular complexity index is 864. The molecule has 0 bridgehead atoms. The summed E-state index contributed by atoms with van der Waals surface area (Å²) in [6, 6.07) is 12.4. The second-order valence-electron chi connectivity index (χ2n) is 8.04. The molecule has 1 amide bonds. The van der Waals surface area contributed by atoms with Crippen molar-refractivity contribution in [2.24, 2.45) is 5.16 Å². The number of benzene rings is 1. The van der Waals surface area contributed by atoms with Crippen molar-refractivity contribution < 1.29 is 9.63 Å². The molecule has 2 aliphatic rings. The molecule has 0 radical (unpaired) electrons. The quantitative estimate of drug-likeness (QED) is 0.864. The number of oxime groups is 1. The highest BCUT2D eigenvalue weighted by Gasteiger charge is 2.46. The minimum absolute atomic E-state index is 0.215. The molecule has 2 aliphatic heterocycles. The predicted octanol–water partition coefficient (Wildman–Crippen LogP) is 3.56. The van der Waals surface area contributed by atoms with Gasteiger partial charge in [-0.15, -0.1) is 0 Å². The standard InChI is InChI=1S/C22H26N4O2/c1-16(2)18-7-5-17(6-8-18)14-26-11-9-22(15-26)12-20(25-28-22)21(27)24-19-4-3-10-23-13-19/h3-8,10,13,16H,9,11-12,14-15H2,1-2H3,(H,24,27). The van der Waals surface area contributed by atoms with E-state index in [1.54, 1.807) is 24.5 Å². The third-order valence-electron chi connectivity index (χ3n) is 5.47. The van der Waals surface area contributed by atoms with Gasteiger partial charge in [0.25, 0.3) is 5.91 Å². The molecular weight excluding hydrogens is 352 g/mol. The SMILES string of the molecule is CC(C)c1ccc(CN2CCC3(CC(C(=O)Nc4cccnc4)=NO3)C2)cc1. The molecule has 1 spiro atoms. The Labute approximate surface area is 165 Å². The zero-order valence-corrected chi connectivity index (χ0v) is 16.4. The van der Waals surface area contributed by atoms with Crippen LogP contribution in [0.5, 0.6) is 0 Å². The van der Waals surface area contributed by atoms with E-state index >= 15 is 0 Å². The van der Waals surface area contributed by atoms with Gasteiger partial charge >= 0.3 is 0 Å². The van der Waals surface area contributed by atoms with Gasteiger partial charge in [-0.1, -0.05) is 43.3 Å². The fourth-order valence-corrected chi connectivity index (χ4v) is 3.83. The Balaban J connectivity index is 1.32. The molecule has 1 fully saturated rings. The average molecular weight is 378 g/mol. The second kappa shape index (κ2) is 7.72. The minimum Gasteiger partial charge on any atom is -0.387 e. The molecule has 1 N–H and O–H groups in total. The molecule has 146 valence electrons. The van der Waals surface area contributed by atoms with Gasteiger partial charge in [0.2, 0.25) is 0 Å². The van der Waals surface area contributed by atoms with Crippen LogP contribution in [0.15, 0.2) is 53.9 Å². The third-order valence-corrected chi connectivity index (χ3v) is 5.47. The molecule has 1 atom stereocenters. The number of hydrogen-bond donors (Lipinski definition) is 1. The maximum atomic E-state index is 12.5. The highest BCUT2D eigenvalue weighted by Crippen LogP contribution is 2.34. The minimum atomic E-state index is -0.376. The first-order valence-corrected chi connectivity index (χ1v) is 9.81. The Morgan fingerprint density at radius 3 is 2.82 bits per heavy atom. The first kappa shape index (κ1) is 18.6. The highest BCUT2D eigenvalue weighted by molar-refractivity contribution is 6.43. The molecule has 4 rings (SSSR count). The highest BCUT2D eigenvalue weighted by atomic mass is 16.7. The summed E-state index contributed by atoms with van der Waals surface area (Å²) < 4.78 is 0. The maximum Gasteiger partial charge on any atom is 0.273 e. The van der Waals surface area contributed by atoms with Gasteiger partial charge in [-0.05, 0) is 29.2 Å². The molecule has 0 aliphatic carbocycles. The lowest BCUT2D eigenvalue weighted by atomic mass is 9.96. The molecule has 1 unspecified atom stereocenters. The van der Waals surface area contributed by atoms with E-state index in [0.29, 0.717) is 23.7 Å². The van der Waals surface area contributed by atoms with E-state index in [0.717, 1.165) is 26.1 Å². The Hall–Kier alpha value is -2.73. The Kier molecular flexibility index (Phi) is 5.13. The summed E-state index contributed by atoms with van der Waals surface area (Å²) in [5.41, 5.74) is 3.40. The summed E-state index contributed by atoms with van der Waals surface area (Å²) >= 11 is 0. The van der Waals surface area contributed by atoms with Crippen molar-refractivity contribution in [3.63, 3.8) is 0 Å². The normalized spacial score (nSPS) is 21.8. The van der Waals surface area contributed by atoms with Gasteiger partial charge < -0.3 is 10.2 Å². The third kappa shape index (κ3) is 4.07. The van der Waals surface area contributed by atoms with Crippen LogP contribution in [0, 0.1) is 0 Å². The van der Waals surface area contributed by atoms with Crippen molar-refractivity contribution in [2.75, 3.05) is 18.4 Å². The number of rotatable bonds is 5. The van der Waals surface area contributed by atoms with Crippen molar-refractivity contribution in [3.05, 3.63) is 59.9 Å². The van der Waals surface area contributed by atoms with Crippen molar-refractivity contribution in [1.29, 1.82) is 0 Å². The average Bonchev–Trinajstić information content (AvgIpc) is 3.30. The van der Waals surface area contributed by atoms with Crippen molar-refractivity contribution >= 4 is 17.3 Å². The Morgan fingerprint density at radius 2 is 2.11 bits per heavy atom. The zero-order valence-electron chi connectivity index (χ0n) is 16.4. The van der Waals surface area contributed by atoms with Crippen LogP contribution in [0.3, 0.4) is 0 Å². The fraction of sp³-hybridized carbons (Fsp3) is 0.409. The molecule has 1 aromatic heterocycles.